The summed E-state index contributed by atoms with van der Waals surface area (Å²) in [5.74, 6) is -0.913. The Kier molecular flexibility index (Phi) is 4.18. The zero-order chi connectivity index (χ0) is 17.6. The van der Waals surface area contributed by atoms with Crippen molar-refractivity contribution in [3.05, 3.63) is 35.5 Å². The molecule has 0 aromatic rings. The maximum atomic E-state index is 12.5. The van der Waals surface area contributed by atoms with Crippen molar-refractivity contribution in [2.75, 3.05) is 0 Å². The molecular formula is C20H26O4. The summed E-state index contributed by atoms with van der Waals surface area (Å²) in [6.07, 6.45) is 5.80. The molecule has 1 saturated heterocycles. The van der Waals surface area contributed by atoms with Gasteiger partial charge >= 0.3 is 11.9 Å². The summed E-state index contributed by atoms with van der Waals surface area (Å²) in [5, 5.41) is 0. The summed E-state index contributed by atoms with van der Waals surface area (Å²) in [6.45, 7) is 11.8. The third kappa shape index (κ3) is 2.43. The van der Waals surface area contributed by atoms with Crippen LogP contribution in [0.4, 0.5) is 0 Å². The van der Waals surface area contributed by atoms with Crippen LogP contribution in [0.5, 0.6) is 0 Å². The second kappa shape index (κ2) is 5.91. The SMILES string of the molecule is C=C1C[C@H]2OC(=O)[C@H](C)[C@H]2[C@H](OC(=O)/C(C)=C/C)[C@@]2(C)CCC=C12. The first kappa shape index (κ1) is 17.0. The average molecular weight is 330 g/mol. The number of carbonyl (C=O) groups excluding carboxylic acids is 2. The van der Waals surface area contributed by atoms with E-state index in [1.807, 2.05) is 13.8 Å². The Morgan fingerprint density at radius 1 is 1.50 bits per heavy atom. The van der Waals surface area contributed by atoms with Gasteiger partial charge in [0.1, 0.15) is 12.2 Å². The van der Waals surface area contributed by atoms with Gasteiger partial charge in [0, 0.05) is 23.3 Å². The van der Waals surface area contributed by atoms with Crippen LogP contribution in [-0.4, -0.2) is 24.1 Å². The van der Waals surface area contributed by atoms with Gasteiger partial charge < -0.3 is 9.47 Å². The lowest BCUT2D eigenvalue weighted by Crippen LogP contribution is -2.45. The molecule has 1 heterocycles. The molecular weight excluding hydrogens is 304 g/mol. The fourth-order valence-electron chi connectivity index (χ4n) is 4.49. The van der Waals surface area contributed by atoms with E-state index in [4.69, 9.17) is 9.47 Å². The molecule has 2 fully saturated rings. The van der Waals surface area contributed by atoms with Crippen molar-refractivity contribution < 1.29 is 19.1 Å². The predicted molar refractivity (Wildman–Crippen MR) is 91.0 cm³/mol. The van der Waals surface area contributed by atoms with Gasteiger partial charge in [-0.1, -0.05) is 32.6 Å². The first-order valence-corrected chi connectivity index (χ1v) is 8.72. The Morgan fingerprint density at radius 2 is 2.21 bits per heavy atom. The Balaban J connectivity index is 2.05. The predicted octanol–water partition coefficient (Wildman–Crippen LogP) is 3.73. The average Bonchev–Trinajstić information content (AvgIpc) is 3.04. The van der Waals surface area contributed by atoms with Crippen LogP contribution in [0.15, 0.2) is 35.5 Å². The number of carbonyl (C=O) groups is 2. The lowest BCUT2D eigenvalue weighted by atomic mass is 9.70. The topological polar surface area (TPSA) is 52.6 Å². The maximum Gasteiger partial charge on any atom is 0.333 e. The van der Waals surface area contributed by atoms with Crippen molar-refractivity contribution in [2.24, 2.45) is 17.3 Å². The Morgan fingerprint density at radius 3 is 2.88 bits per heavy atom. The zero-order valence-corrected chi connectivity index (χ0v) is 14.9. The van der Waals surface area contributed by atoms with Gasteiger partial charge in [-0.2, -0.15) is 0 Å². The van der Waals surface area contributed by atoms with Crippen LogP contribution in [0.3, 0.4) is 0 Å². The van der Waals surface area contributed by atoms with E-state index in [9.17, 15) is 9.59 Å². The summed E-state index contributed by atoms with van der Waals surface area (Å²) >= 11 is 0. The van der Waals surface area contributed by atoms with E-state index in [1.54, 1.807) is 13.0 Å². The van der Waals surface area contributed by atoms with Crippen molar-refractivity contribution in [1.82, 2.24) is 0 Å². The fourth-order valence-corrected chi connectivity index (χ4v) is 4.49. The van der Waals surface area contributed by atoms with Crippen molar-refractivity contribution >= 4 is 11.9 Å². The van der Waals surface area contributed by atoms with Gasteiger partial charge in [0.05, 0.1) is 5.92 Å². The van der Waals surface area contributed by atoms with Crippen LogP contribution < -0.4 is 0 Å². The van der Waals surface area contributed by atoms with Crippen molar-refractivity contribution in [3.63, 3.8) is 0 Å². The number of fused-ring (bicyclic) bond motifs is 2. The lowest BCUT2D eigenvalue weighted by molar-refractivity contribution is -0.156. The molecule has 5 atom stereocenters. The number of esters is 2. The zero-order valence-electron chi connectivity index (χ0n) is 14.9. The lowest BCUT2D eigenvalue weighted by Gasteiger charge is -2.39. The molecule has 24 heavy (non-hydrogen) atoms. The second-order valence-corrected chi connectivity index (χ2v) is 7.52. The van der Waals surface area contributed by atoms with E-state index in [0.717, 1.165) is 18.4 Å². The highest BCUT2D eigenvalue weighted by Gasteiger charge is 2.58. The molecule has 0 bridgehead atoms. The smallest absolute Gasteiger partial charge is 0.333 e. The van der Waals surface area contributed by atoms with E-state index in [2.05, 4.69) is 19.6 Å². The van der Waals surface area contributed by atoms with Crippen LogP contribution >= 0.6 is 0 Å². The number of ether oxygens (including phenoxy) is 2. The number of hydrogen-bond donors (Lipinski definition) is 0. The first-order valence-electron chi connectivity index (χ1n) is 8.72. The molecule has 1 saturated carbocycles. The minimum absolute atomic E-state index is 0.128. The van der Waals surface area contributed by atoms with E-state index >= 15 is 0 Å². The van der Waals surface area contributed by atoms with Crippen LogP contribution in [0.25, 0.3) is 0 Å². The minimum atomic E-state index is -0.376. The quantitative estimate of drug-likeness (QED) is 0.572. The number of rotatable bonds is 2. The molecule has 3 aliphatic rings. The first-order chi connectivity index (χ1) is 11.3. The Bertz CT molecular complexity index is 657. The van der Waals surface area contributed by atoms with Gasteiger partial charge in [0.25, 0.3) is 0 Å². The molecule has 0 amide bonds. The van der Waals surface area contributed by atoms with Crippen LogP contribution in [-0.2, 0) is 19.1 Å². The van der Waals surface area contributed by atoms with Crippen molar-refractivity contribution in [2.45, 2.75) is 59.2 Å². The summed E-state index contributed by atoms with van der Waals surface area (Å²) in [6, 6.07) is 0. The molecule has 0 radical (unpaired) electrons. The summed E-state index contributed by atoms with van der Waals surface area (Å²) in [5.41, 5.74) is 2.46. The largest absolute Gasteiger partial charge is 0.461 e. The third-order valence-electron chi connectivity index (χ3n) is 6.07. The van der Waals surface area contributed by atoms with Gasteiger partial charge in [-0.3, -0.25) is 4.79 Å². The fraction of sp³-hybridized carbons (Fsp3) is 0.600. The van der Waals surface area contributed by atoms with E-state index in [-0.39, 0.29) is 41.4 Å². The molecule has 4 heteroatoms. The molecule has 0 aromatic heterocycles. The monoisotopic (exact) mass is 330 g/mol. The molecule has 0 unspecified atom stereocenters. The second-order valence-electron chi connectivity index (χ2n) is 7.52. The molecule has 1 aliphatic heterocycles. The van der Waals surface area contributed by atoms with E-state index < -0.39 is 0 Å². The normalized spacial score (nSPS) is 38.8. The van der Waals surface area contributed by atoms with Crippen molar-refractivity contribution in [1.29, 1.82) is 0 Å². The molecule has 2 aliphatic carbocycles. The Hall–Kier alpha value is -1.84. The van der Waals surface area contributed by atoms with E-state index in [1.165, 1.54) is 5.57 Å². The summed E-state index contributed by atoms with van der Waals surface area (Å²) < 4.78 is 11.6. The standard InChI is InChI=1S/C20H26O4/c1-6-11(2)18(21)24-17-16-13(4)19(22)23-15(16)10-12(3)14-8-7-9-20(14,17)5/h6,8,13,15-17H,3,7,9-10H2,1-2,4-5H3/b11-6+/t13-,15-,16-,17+,20+/m1/s1. The highest BCUT2D eigenvalue weighted by Crippen LogP contribution is 2.55. The van der Waals surface area contributed by atoms with E-state index in [0.29, 0.717) is 12.0 Å². The van der Waals surface area contributed by atoms with Crippen LogP contribution in [0, 0.1) is 17.3 Å². The van der Waals surface area contributed by atoms with Crippen molar-refractivity contribution in [3.8, 4) is 0 Å². The molecule has 3 rings (SSSR count). The highest BCUT2D eigenvalue weighted by atomic mass is 16.6. The van der Waals surface area contributed by atoms with Crippen LogP contribution in [0.2, 0.25) is 0 Å². The van der Waals surface area contributed by atoms with Gasteiger partial charge in [-0.15, -0.1) is 0 Å². The third-order valence-corrected chi connectivity index (χ3v) is 6.07. The Labute approximate surface area is 143 Å². The molecule has 0 N–H and O–H groups in total. The number of allylic oxidation sites excluding steroid dienone is 2. The highest BCUT2D eigenvalue weighted by molar-refractivity contribution is 5.88. The van der Waals surface area contributed by atoms with Gasteiger partial charge in [-0.25, -0.2) is 4.79 Å². The van der Waals surface area contributed by atoms with Gasteiger partial charge in [0.15, 0.2) is 0 Å². The number of hydrogen-bond acceptors (Lipinski definition) is 4. The molecule has 0 aromatic carbocycles. The summed E-state index contributed by atoms with van der Waals surface area (Å²) in [7, 11) is 0. The molecule has 0 spiro atoms. The molecule has 130 valence electrons. The van der Waals surface area contributed by atoms with Gasteiger partial charge in [0.2, 0.25) is 0 Å². The van der Waals surface area contributed by atoms with Crippen LogP contribution in [0.1, 0.15) is 47.0 Å². The molecule has 4 nitrogen and oxygen atoms in total. The maximum absolute atomic E-state index is 12.5. The summed E-state index contributed by atoms with van der Waals surface area (Å²) in [4.78, 5) is 24.6. The van der Waals surface area contributed by atoms with Gasteiger partial charge in [-0.05, 0) is 37.8 Å². The minimum Gasteiger partial charge on any atom is -0.461 e.